The van der Waals surface area contributed by atoms with Crippen LogP contribution in [-0.4, -0.2) is 11.0 Å². The van der Waals surface area contributed by atoms with Crippen molar-refractivity contribution in [1.29, 1.82) is 0 Å². The highest BCUT2D eigenvalue weighted by Gasteiger charge is 2.14. The molecule has 1 aliphatic rings. The average molecular weight is 284 g/mol. The molecular weight excluding hydrogens is 263 g/mol. The predicted molar refractivity (Wildman–Crippen MR) is 83.3 cm³/mol. The van der Waals surface area contributed by atoms with Gasteiger partial charge in [-0.15, -0.1) is 0 Å². The number of benzene rings is 1. The van der Waals surface area contributed by atoms with Gasteiger partial charge in [-0.1, -0.05) is 31.4 Å². The molecule has 1 N–H and O–H groups in total. The van der Waals surface area contributed by atoms with Gasteiger partial charge in [-0.25, -0.2) is 4.39 Å². The number of pyridine rings is 1. The van der Waals surface area contributed by atoms with Crippen LogP contribution in [-0.2, 0) is 6.54 Å². The van der Waals surface area contributed by atoms with Crippen LogP contribution in [0.5, 0.6) is 0 Å². The Morgan fingerprint density at radius 2 is 2.00 bits per heavy atom. The topological polar surface area (TPSA) is 24.9 Å². The third kappa shape index (κ3) is 3.67. The van der Waals surface area contributed by atoms with E-state index in [4.69, 9.17) is 0 Å². The largest absolute Gasteiger partial charge is 0.310 e. The molecule has 0 amide bonds. The third-order valence-corrected chi connectivity index (χ3v) is 4.23. The van der Waals surface area contributed by atoms with Crippen LogP contribution in [0.25, 0.3) is 11.1 Å². The number of nitrogens with one attached hydrogen (secondary N) is 1. The number of halogens is 1. The number of rotatable bonds is 4. The SMILES string of the molecule is Fc1ccc(CNC2CCCCC2)c(-c2cccnc2)c1. The molecule has 1 aromatic carbocycles. The lowest BCUT2D eigenvalue weighted by Crippen LogP contribution is -2.30. The Hall–Kier alpha value is -1.74. The molecule has 1 heterocycles. The van der Waals surface area contributed by atoms with E-state index in [0.29, 0.717) is 6.04 Å². The van der Waals surface area contributed by atoms with E-state index < -0.39 is 0 Å². The zero-order valence-electron chi connectivity index (χ0n) is 12.2. The zero-order valence-corrected chi connectivity index (χ0v) is 12.2. The van der Waals surface area contributed by atoms with Crippen molar-refractivity contribution in [3.8, 4) is 11.1 Å². The van der Waals surface area contributed by atoms with Gasteiger partial charge in [0.1, 0.15) is 5.82 Å². The van der Waals surface area contributed by atoms with Crippen LogP contribution in [0, 0.1) is 5.82 Å². The quantitative estimate of drug-likeness (QED) is 0.905. The minimum absolute atomic E-state index is 0.199. The van der Waals surface area contributed by atoms with Gasteiger partial charge >= 0.3 is 0 Å². The van der Waals surface area contributed by atoms with E-state index in [0.717, 1.165) is 23.2 Å². The highest BCUT2D eigenvalue weighted by Crippen LogP contribution is 2.25. The maximum absolute atomic E-state index is 13.6. The zero-order chi connectivity index (χ0) is 14.5. The fourth-order valence-electron chi connectivity index (χ4n) is 3.05. The van der Waals surface area contributed by atoms with Gasteiger partial charge in [-0.2, -0.15) is 0 Å². The smallest absolute Gasteiger partial charge is 0.123 e. The molecule has 1 aliphatic carbocycles. The first kappa shape index (κ1) is 14.2. The Bertz CT molecular complexity index is 577. The van der Waals surface area contributed by atoms with Gasteiger partial charge in [-0.05, 0) is 42.2 Å². The van der Waals surface area contributed by atoms with E-state index >= 15 is 0 Å². The van der Waals surface area contributed by atoms with Crippen molar-refractivity contribution in [2.45, 2.75) is 44.7 Å². The second-order valence-corrected chi connectivity index (χ2v) is 5.76. The van der Waals surface area contributed by atoms with E-state index in [1.807, 2.05) is 18.2 Å². The molecule has 0 unspecified atom stereocenters. The van der Waals surface area contributed by atoms with Crippen molar-refractivity contribution in [2.24, 2.45) is 0 Å². The molecule has 21 heavy (non-hydrogen) atoms. The lowest BCUT2D eigenvalue weighted by atomic mass is 9.94. The van der Waals surface area contributed by atoms with Gasteiger partial charge < -0.3 is 5.32 Å². The number of nitrogens with zero attached hydrogens (tertiary/aromatic N) is 1. The minimum Gasteiger partial charge on any atom is -0.310 e. The second kappa shape index (κ2) is 6.81. The molecule has 2 nitrogen and oxygen atoms in total. The van der Waals surface area contributed by atoms with Crippen LogP contribution in [0.3, 0.4) is 0 Å². The van der Waals surface area contributed by atoms with Crippen LogP contribution < -0.4 is 5.32 Å². The lowest BCUT2D eigenvalue weighted by molar-refractivity contribution is 0.372. The molecular formula is C18H21FN2. The summed E-state index contributed by atoms with van der Waals surface area (Å²) < 4.78 is 13.6. The fourth-order valence-corrected chi connectivity index (χ4v) is 3.05. The van der Waals surface area contributed by atoms with Gasteiger partial charge in [-0.3, -0.25) is 4.98 Å². The van der Waals surface area contributed by atoms with Crippen LogP contribution in [0.15, 0.2) is 42.7 Å². The van der Waals surface area contributed by atoms with E-state index in [1.54, 1.807) is 18.5 Å². The molecule has 1 saturated carbocycles. The first-order valence-electron chi connectivity index (χ1n) is 7.75. The van der Waals surface area contributed by atoms with E-state index in [-0.39, 0.29) is 5.82 Å². The molecule has 0 radical (unpaired) electrons. The highest BCUT2D eigenvalue weighted by atomic mass is 19.1. The van der Waals surface area contributed by atoms with Crippen molar-refractivity contribution in [2.75, 3.05) is 0 Å². The van der Waals surface area contributed by atoms with Gasteiger partial charge in [0.25, 0.3) is 0 Å². The first-order chi connectivity index (χ1) is 10.3. The predicted octanol–water partition coefficient (Wildman–Crippen LogP) is 4.31. The highest BCUT2D eigenvalue weighted by molar-refractivity contribution is 5.66. The Morgan fingerprint density at radius 1 is 1.14 bits per heavy atom. The molecule has 3 rings (SSSR count). The van der Waals surface area contributed by atoms with E-state index in [1.165, 1.54) is 38.2 Å². The van der Waals surface area contributed by atoms with Crippen molar-refractivity contribution in [3.63, 3.8) is 0 Å². The lowest BCUT2D eigenvalue weighted by Gasteiger charge is -2.23. The summed E-state index contributed by atoms with van der Waals surface area (Å²) in [7, 11) is 0. The molecule has 1 aromatic heterocycles. The third-order valence-electron chi connectivity index (χ3n) is 4.23. The Labute approximate surface area is 125 Å². The molecule has 0 spiro atoms. The summed E-state index contributed by atoms with van der Waals surface area (Å²) in [4.78, 5) is 4.14. The van der Waals surface area contributed by atoms with Crippen molar-refractivity contribution < 1.29 is 4.39 Å². The molecule has 0 saturated heterocycles. The van der Waals surface area contributed by atoms with Gasteiger partial charge in [0.05, 0.1) is 0 Å². The summed E-state index contributed by atoms with van der Waals surface area (Å²) in [6, 6.07) is 9.50. The van der Waals surface area contributed by atoms with Gasteiger partial charge in [0.15, 0.2) is 0 Å². The standard InChI is InChI=1S/C18H21FN2/c19-16-9-8-15(13-21-17-6-2-1-3-7-17)18(11-16)14-5-4-10-20-12-14/h4-5,8-12,17,21H,1-3,6-7,13H2. The summed E-state index contributed by atoms with van der Waals surface area (Å²) >= 11 is 0. The summed E-state index contributed by atoms with van der Waals surface area (Å²) in [6.07, 6.45) is 10.0. The first-order valence-corrected chi connectivity index (χ1v) is 7.75. The van der Waals surface area contributed by atoms with Crippen LogP contribution >= 0.6 is 0 Å². The van der Waals surface area contributed by atoms with Crippen molar-refractivity contribution >= 4 is 0 Å². The monoisotopic (exact) mass is 284 g/mol. The Morgan fingerprint density at radius 3 is 2.76 bits per heavy atom. The minimum atomic E-state index is -0.199. The summed E-state index contributed by atoms with van der Waals surface area (Å²) in [5.74, 6) is -0.199. The molecule has 1 fully saturated rings. The van der Waals surface area contributed by atoms with E-state index in [9.17, 15) is 4.39 Å². The molecule has 3 heteroatoms. The van der Waals surface area contributed by atoms with Gasteiger partial charge in [0.2, 0.25) is 0 Å². The van der Waals surface area contributed by atoms with Crippen LogP contribution in [0.2, 0.25) is 0 Å². The van der Waals surface area contributed by atoms with Crippen LogP contribution in [0.1, 0.15) is 37.7 Å². The number of hydrogen-bond acceptors (Lipinski definition) is 2. The average Bonchev–Trinajstić information content (AvgIpc) is 2.55. The maximum Gasteiger partial charge on any atom is 0.123 e. The van der Waals surface area contributed by atoms with E-state index in [2.05, 4.69) is 10.3 Å². The number of aromatic nitrogens is 1. The van der Waals surface area contributed by atoms with Crippen molar-refractivity contribution in [3.05, 3.63) is 54.1 Å². The maximum atomic E-state index is 13.6. The molecule has 0 bridgehead atoms. The summed E-state index contributed by atoms with van der Waals surface area (Å²) in [6.45, 7) is 0.787. The van der Waals surface area contributed by atoms with Gasteiger partial charge in [0, 0.05) is 30.5 Å². The molecule has 2 aromatic rings. The van der Waals surface area contributed by atoms with Crippen LogP contribution in [0.4, 0.5) is 4.39 Å². The molecule has 0 aliphatic heterocycles. The van der Waals surface area contributed by atoms with Crippen molar-refractivity contribution in [1.82, 2.24) is 10.3 Å². The Kier molecular flexibility index (Phi) is 4.61. The number of hydrogen-bond donors (Lipinski definition) is 1. The fraction of sp³-hybridized carbons (Fsp3) is 0.389. The normalized spacial score (nSPS) is 16.0. The summed E-state index contributed by atoms with van der Waals surface area (Å²) in [5, 5.41) is 3.62. The molecule has 0 atom stereocenters. The Balaban J connectivity index is 1.78. The molecule has 110 valence electrons. The second-order valence-electron chi connectivity index (χ2n) is 5.76. The summed E-state index contributed by atoms with van der Waals surface area (Å²) in [5.41, 5.74) is 3.04.